The molecule has 0 bridgehead atoms. The zero-order chi connectivity index (χ0) is 10.7. The van der Waals surface area contributed by atoms with Gasteiger partial charge in [-0.2, -0.15) is 0 Å². The molecule has 0 aromatic heterocycles. The third-order valence-electron chi connectivity index (χ3n) is 2.44. The summed E-state index contributed by atoms with van der Waals surface area (Å²) in [4.78, 5) is 10.9. The molecule has 1 heterocycles. The van der Waals surface area contributed by atoms with E-state index < -0.39 is 12.0 Å². The van der Waals surface area contributed by atoms with Gasteiger partial charge in [0.15, 0.2) is 0 Å². The Labute approximate surface area is 92.9 Å². The minimum absolute atomic E-state index is 0.112. The summed E-state index contributed by atoms with van der Waals surface area (Å²) in [7, 11) is 0. The molecule has 1 aliphatic heterocycles. The molecule has 2 rings (SSSR count). The lowest BCUT2D eigenvalue weighted by molar-refractivity contribution is -0.139. The average molecular weight is 223 g/mol. The van der Waals surface area contributed by atoms with E-state index in [0.717, 1.165) is 11.3 Å². The van der Waals surface area contributed by atoms with Crippen molar-refractivity contribution in [2.45, 2.75) is 17.8 Å². The van der Waals surface area contributed by atoms with Crippen LogP contribution in [-0.2, 0) is 4.79 Å². The summed E-state index contributed by atoms with van der Waals surface area (Å²) in [5.74, 6) is 0.139. The summed E-state index contributed by atoms with van der Waals surface area (Å²) in [5.41, 5.74) is 1.15. The van der Waals surface area contributed by atoms with Crippen molar-refractivity contribution in [3.8, 4) is 0 Å². The quantitative estimate of drug-likeness (QED) is 0.803. The number of carboxylic acid groups (broad SMARTS) is 1. The average Bonchev–Trinajstić information content (AvgIpc) is 2.30. The molecule has 0 amide bonds. The lowest BCUT2D eigenvalue weighted by Crippen LogP contribution is -2.41. The summed E-state index contributed by atoms with van der Waals surface area (Å²) in [6, 6.07) is 9.55. The number of aliphatic carboxylic acids is 1. The van der Waals surface area contributed by atoms with Gasteiger partial charge in [0.25, 0.3) is 0 Å². The van der Waals surface area contributed by atoms with Crippen molar-refractivity contribution in [3.63, 3.8) is 0 Å². The molecule has 3 nitrogen and oxygen atoms in total. The number of benzene rings is 1. The van der Waals surface area contributed by atoms with E-state index in [9.17, 15) is 4.79 Å². The summed E-state index contributed by atoms with van der Waals surface area (Å²) in [6.45, 7) is 0. The highest BCUT2D eigenvalue weighted by atomic mass is 32.2. The van der Waals surface area contributed by atoms with Gasteiger partial charge >= 0.3 is 5.97 Å². The summed E-state index contributed by atoms with van der Waals surface area (Å²) in [6.07, 6.45) is 0.698. The van der Waals surface area contributed by atoms with Crippen molar-refractivity contribution in [2.75, 3.05) is 5.75 Å². The SMILES string of the molecule is O=C(O)[C@@H]1CCS[C@@H](c2ccccc2)N1. The number of carboxylic acids is 1. The molecule has 0 unspecified atom stereocenters. The number of rotatable bonds is 2. The van der Waals surface area contributed by atoms with Crippen LogP contribution in [-0.4, -0.2) is 22.9 Å². The molecular formula is C11H13NO2S. The highest BCUT2D eigenvalue weighted by molar-refractivity contribution is 7.99. The van der Waals surface area contributed by atoms with Crippen molar-refractivity contribution >= 4 is 17.7 Å². The highest BCUT2D eigenvalue weighted by Crippen LogP contribution is 2.31. The van der Waals surface area contributed by atoms with Gasteiger partial charge < -0.3 is 5.11 Å². The Morgan fingerprint density at radius 2 is 2.13 bits per heavy atom. The first-order chi connectivity index (χ1) is 7.27. The Morgan fingerprint density at radius 3 is 2.80 bits per heavy atom. The lowest BCUT2D eigenvalue weighted by atomic mass is 10.1. The monoisotopic (exact) mass is 223 g/mol. The van der Waals surface area contributed by atoms with Crippen LogP contribution in [0.5, 0.6) is 0 Å². The summed E-state index contributed by atoms with van der Waals surface area (Å²) >= 11 is 1.76. The Balaban J connectivity index is 2.08. The van der Waals surface area contributed by atoms with Gasteiger partial charge in [0.1, 0.15) is 6.04 Å². The van der Waals surface area contributed by atoms with Crippen LogP contribution in [0.1, 0.15) is 17.4 Å². The van der Waals surface area contributed by atoms with E-state index in [1.54, 1.807) is 11.8 Å². The fourth-order valence-electron chi connectivity index (χ4n) is 1.63. The molecule has 2 atom stereocenters. The van der Waals surface area contributed by atoms with Gasteiger partial charge in [-0.1, -0.05) is 30.3 Å². The van der Waals surface area contributed by atoms with Crippen LogP contribution in [0.15, 0.2) is 30.3 Å². The second-order valence-corrected chi connectivity index (χ2v) is 4.72. The van der Waals surface area contributed by atoms with Crippen LogP contribution in [0.3, 0.4) is 0 Å². The van der Waals surface area contributed by atoms with Gasteiger partial charge in [0.2, 0.25) is 0 Å². The molecule has 1 aliphatic rings. The molecule has 15 heavy (non-hydrogen) atoms. The molecule has 1 fully saturated rings. The van der Waals surface area contributed by atoms with Crippen molar-refractivity contribution in [1.29, 1.82) is 0 Å². The Kier molecular flexibility index (Phi) is 3.28. The van der Waals surface area contributed by atoms with E-state index >= 15 is 0 Å². The van der Waals surface area contributed by atoms with E-state index in [1.807, 2.05) is 30.3 Å². The van der Waals surface area contributed by atoms with Crippen LogP contribution < -0.4 is 5.32 Å². The third-order valence-corrected chi connectivity index (χ3v) is 3.66. The van der Waals surface area contributed by atoms with Crippen LogP contribution in [0.4, 0.5) is 0 Å². The normalized spacial score (nSPS) is 26.1. The first-order valence-electron chi connectivity index (χ1n) is 4.93. The van der Waals surface area contributed by atoms with Crippen LogP contribution >= 0.6 is 11.8 Å². The predicted octanol–water partition coefficient (Wildman–Crippen LogP) is 1.86. The van der Waals surface area contributed by atoms with Crippen molar-refractivity contribution in [3.05, 3.63) is 35.9 Å². The number of nitrogens with one attached hydrogen (secondary N) is 1. The third kappa shape index (κ3) is 2.52. The number of hydrogen-bond donors (Lipinski definition) is 2. The first kappa shape index (κ1) is 10.5. The topological polar surface area (TPSA) is 49.3 Å². The van der Waals surface area contributed by atoms with Gasteiger partial charge in [-0.15, -0.1) is 11.8 Å². The second-order valence-electron chi connectivity index (χ2n) is 3.51. The van der Waals surface area contributed by atoms with Gasteiger partial charge in [-0.3, -0.25) is 10.1 Å². The zero-order valence-corrected chi connectivity index (χ0v) is 9.04. The van der Waals surface area contributed by atoms with Crippen LogP contribution in [0, 0.1) is 0 Å². The predicted molar refractivity (Wildman–Crippen MR) is 60.8 cm³/mol. The molecule has 4 heteroatoms. The highest BCUT2D eigenvalue weighted by Gasteiger charge is 2.26. The van der Waals surface area contributed by atoms with E-state index in [4.69, 9.17) is 5.11 Å². The first-order valence-corrected chi connectivity index (χ1v) is 5.97. The fraction of sp³-hybridized carbons (Fsp3) is 0.364. The number of thioether (sulfide) groups is 1. The van der Waals surface area contributed by atoms with Crippen molar-refractivity contribution in [2.24, 2.45) is 0 Å². The number of carbonyl (C=O) groups is 1. The smallest absolute Gasteiger partial charge is 0.320 e. The van der Waals surface area contributed by atoms with Crippen molar-refractivity contribution in [1.82, 2.24) is 5.32 Å². The molecule has 2 N–H and O–H groups in total. The maximum atomic E-state index is 10.9. The van der Waals surface area contributed by atoms with Crippen LogP contribution in [0.25, 0.3) is 0 Å². The lowest BCUT2D eigenvalue weighted by Gasteiger charge is -2.28. The molecule has 1 aromatic rings. The van der Waals surface area contributed by atoms with Gasteiger partial charge in [-0.25, -0.2) is 0 Å². The maximum Gasteiger partial charge on any atom is 0.320 e. The van der Waals surface area contributed by atoms with E-state index in [1.165, 1.54) is 0 Å². The Bertz CT molecular complexity index is 342. The maximum absolute atomic E-state index is 10.9. The largest absolute Gasteiger partial charge is 0.480 e. The zero-order valence-electron chi connectivity index (χ0n) is 8.22. The molecule has 0 aliphatic carbocycles. The standard InChI is InChI=1S/C11H13NO2S/c13-11(14)9-6-7-15-10(12-9)8-4-2-1-3-5-8/h1-5,9-10,12H,6-7H2,(H,13,14)/t9-,10-/m0/s1. The fourth-order valence-corrected chi connectivity index (χ4v) is 2.85. The molecule has 1 saturated heterocycles. The van der Waals surface area contributed by atoms with Crippen molar-refractivity contribution < 1.29 is 9.90 Å². The Hall–Kier alpha value is -1.00. The van der Waals surface area contributed by atoms with E-state index in [2.05, 4.69) is 5.32 Å². The molecule has 1 aromatic carbocycles. The Morgan fingerprint density at radius 1 is 1.40 bits per heavy atom. The molecule has 0 radical (unpaired) electrons. The summed E-state index contributed by atoms with van der Waals surface area (Å²) in [5, 5.41) is 12.2. The summed E-state index contributed by atoms with van der Waals surface area (Å²) < 4.78 is 0. The molecular weight excluding hydrogens is 210 g/mol. The number of hydrogen-bond acceptors (Lipinski definition) is 3. The van der Waals surface area contributed by atoms with Gasteiger partial charge in [-0.05, 0) is 17.7 Å². The molecule has 0 spiro atoms. The van der Waals surface area contributed by atoms with Gasteiger partial charge in [0.05, 0.1) is 5.37 Å². The van der Waals surface area contributed by atoms with Crippen LogP contribution in [0.2, 0.25) is 0 Å². The second kappa shape index (κ2) is 4.68. The molecule has 0 saturated carbocycles. The van der Waals surface area contributed by atoms with Gasteiger partial charge in [0, 0.05) is 0 Å². The van der Waals surface area contributed by atoms with E-state index in [0.29, 0.717) is 6.42 Å². The minimum atomic E-state index is -0.753. The van der Waals surface area contributed by atoms with E-state index in [-0.39, 0.29) is 5.37 Å². The minimum Gasteiger partial charge on any atom is -0.480 e. The molecule has 80 valence electrons.